The van der Waals surface area contributed by atoms with Crippen molar-refractivity contribution in [3.8, 4) is 0 Å². The molecule has 0 saturated carbocycles. The number of rotatable bonds is 4. The van der Waals surface area contributed by atoms with Gasteiger partial charge in [-0.3, -0.25) is 10.1 Å². The quantitative estimate of drug-likeness (QED) is 0.586. The predicted octanol–water partition coefficient (Wildman–Crippen LogP) is 0.627. The minimum absolute atomic E-state index is 0.0632. The van der Waals surface area contributed by atoms with E-state index in [1.807, 2.05) is 0 Å². The zero-order valence-electron chi connectivity index (χ0n) is 9.34. The summed E-state index contributed by atoms with van der Waals surface area (Å²) < 4.78 is 5.19. The predicted molar refractivity (Wildman–Crippen MR) is 61.1 cm³/mol. The van der Waals surface area contributed by atoms with Crippen molar-refractivity contribution >= 4 is 17.3 Å². The monoisotopic (exact) mass is 239 g/mol. The minimum atomic E-state index is -0.496. The van der Waals surface area contributed by atoms with E-state index in [2.05, 4.69) is 20.6 Å². The molecule has 1 saturated heterocycles. The van der Waals surface area contributed by atoms with Crippen LogP contribution in [-0.4, -0.2) is 41.2 Å². The maximum atomic E-state index is 11.0. The second-order valence-electron chi connectivity index (χ2n) is 3.63. The summed E-state index contributed by atoms with van der Waals surface area (Å²) in [5.74, 6) is 0.427. The molecule has 0 radical (unpaired) electrons. The normalized spacial score (nSPS) is 19.0. The molecule has 8 heteroatoms. The molecular formula is C9H13N5O3. The summed E-state index contributed by atoms with van der Waals surface area (Å²) >= 11 is 0. The van der Waals surface area contributed by atoms with E-state index in [0.717, 1.165) is 6.42 Å². The van der Waals surface area contributed by atoms with Gasteiger partial charge in [0.1, 0.15) is 6.33 Å². The number of nitro groups is 1. The van der Waals surface area contributed by atoms with Crippen molar-refractivity contribution in [1.82, 2.24) is 9.97 Å². The van der Waals surface area contributed by atoms with E-state index < -0.39 is 4.92 Å². The molecule has 0 spiro atoms. The molecular weight excluding hydrogens is 226 g/mol. The number of ether oxygens (including phenoxy) is 1. The summed E-state index contributed by atoms with van der Waals surface area (Å²) in [6, 6.07) is 0.0632. The molecule has 1 fully saturated rings. The lowest BCUT2D eigenvalue weighted by molar-refractivity contribution is -0.383. The molecule has 8 nitrogen and oxygen atoms in total. The Bertz CT molecular complexity index is 419. The van der Waals surface area contributed by atoms with Crippen LogP contribution in [0.5, 0.6) is 0 Å². The van der Waals surface area contributed by atoms with Gasteiger partial charge in [0, 0.05) is 13.7 Å². The Balaban J connectivity index is 2.28. The fourth-order valence-corrected chi connectivity index (χ4v) is 1.68. The van der Waals surface area contributed by atoms with Crippen LogP contribution in [-0.2, 0) is 4.74 Å². The third-order valence-electron chi connectivity index (χ3n) is 2.51. The van der Waals surface area contributed by atoms with Gasteiger partial charge in [-0.1, -0.05) is 0 Å². The van der Waals surface area contributed by atoms with Gasteiger partial charge in [0.2, 0.25) is 11.6 Å². The number of anilines is 2. The SMILES string of the molecule is CNc1ncnc(NC2CCOC2)c1[N+](=O)[O-]. The van der Waals surface area contributed by atoms with Crippen molar-refractivity contribution in [3.63, 3.8) is 0 Å². The first-order valence-electron chi connectivity index (χ1n) is 5.23. The molecule has 92 valence electrons. The molecule has 2 rings (SSSR count). The molecule has 1 aliphatic rings. The van der Waals surface area contributed by atoms with Gasteiger partial charge in [0.25, 0.3) is 0 Å². The van der Waals surface area contributed by atoms with Crippen LogP contribution in [0.15, 0.2) is 6.33 Å². The second-order valence-corrected chi connectivity index (χ2v) is 3.63. The van der Waals surface area contributed by atoms with Crippen LogP contribution in [0.25, 0.3) is 0 Å². The van der Waals surface area contributed by atoms with Crippen molar-refractivity contribution in [2.75, 3.05) is 30.9 Å². The maximum absolute atomic E-state index is 11.0. The largest absolute Gasteiger partial charge is 0.379 e. The molecule has 2 N–H and O–H groups in total. The van der Waals surface area contributed by atoms with Crippen LogP contribution in [0.4, 0.5) is 17.3 Å². The van der Waals surface area contributed by atoms with Gasteiger partial charge in [0.05, 0.1) is 17.6 Å². The van der Waals surface area contributed by atoms with Gasteiger partial charge in [-0.05, 0) is 6.42 Å². The van der Waals surface area contributed by atoms with E-state index in [-0.39, 0.29) is 23.4 Å². The molecule has 2 heterocycles. The fraction of sp³-hybridized carbons (Fsp3) is 0.556. The topological polar surface area (TPSA) is 102 Å². The van der Waals surface area contributed by atoms with Gasteiger partial charge in [0.15, 0.2) is 0 Å². The number of nitrogens with one attached hydrogen (secondary N) is 2. The van der Waals surface area contributed by atoms with Crippen molar-refractivity contribution in [2.24, 2.45) is 0 Å². The molecule has 0 aliphatic carbocycles. The molecule has 1 unspecified atom stereocenters. The lowest BCUT2D eigenvalue weighted by Gasteiger charge is -2.12. The van der Waals surface area contributed by atoms with Crippen molar-refractivity contribution in [3.05, 3.63) is 16.4 Å². The minimum Gasteiger partial charge on any atom is -0.379 e. The number of nitrogens with zero attached hydrogens (tertiary/aromatic N) is 3. The first-order valence-corrected chi connectivity index (χ1v) is 5.23. The lowest BCUT2D eigenvalue weighted by atomic mass is 10.2. The molecule has 0 amide bonds. The highest BCUT2D eigenvalue weighted by Crippen LogP contribution is 2.29. The van der Waals surface area contributed by atoms with Gasteiger partial charge >= 0.3 is 5.69 Å². The molecule has 17 heavy (non-hydrogen) atoms. The lowest BCUT2D eigenvalue weighted by Crippen LogP contribution is -2.21. The van der Waals surface area contributed by atoms with Crippen molar-refractivity contribution in [1.29, 1.82) is 0 Å². The Kier molecular flexibility index (Phi) is 3.33. The Morgan fingerprint density at radius 3 is 2.88 bits per heavy atom. The molecule has 1 atom stereocenters. The zero-order valence-corrected chi connectivity index (χ0v) is 9.34. The van der Waals surface area contributed by atoms with Crippen molar-refractivity contribution in [2.45, 2.75) is 12.5 Å². The van der Waals surface area contributed by atoms with E-state index in [0.29, 0.717) is 13.2 Å². The number of hydrogen-bond donors (Lipinski definition) is 2. The Morgan fingerprint density at radius 2 is 2.29 bits per heavy atom. The molecule has 0 aromatic carbocycles. The fourth-order valence-electron chi connectivity index (χ4n) is 1.68. The summed E-state index contributed by atoms with van der Waals surface area (Å²) in [6.45, 7) is 1.20. The van der Waals surface area contributed by atoms with Crippen LogP contribution in [0.1, 0.15) is 6.42 Å². The van der Waals surface area contributed by atoms with Crippen LogP contribution in [0, 0.1) is 10.1 Å². The first kappa shape index (κ1) is 11.5. The highest BCUT2D eigenvalue weighted by Gasteiger charge is 2.25. The number of hydrogen-bond acceptors (Lipinski definition) is 7. The summed E-state index contributed by atoms with van der Waals surface area (Å²) in [6.07, 6.45) is 2.10. The summed E-state index contributed by atoms with van der Waals surface area (Å²) in [5.41, 5.74) is -0.137. The summed E-state index contributed by atoms with van der Waals surface area (Å²) in [5, 5.41) is 16.7. The van der Waals surface area contributed by atoms with Gasteiger partial charge < -0.3 is 15.4 Å². The van der Waals surface area contributed by atoms with E-state index in [9.17, 15) is 10.1 Å². The molecule has 0 bridgehead atoms. The third-order valence-corrected chi connectivity index (χ3v) is 2.51. The Hall–Kier alpha value is -1.96. The van der Waals surface area contributed by atoms with Crippen LogP contribution >= 0.6 is 0 Å². The Labute approximate surface area is 97.6 Å². The van der Waals surface area contributed by atoms with E-state index >= 15 is 0 Å². The highest BCUT2D eigenvalue weighted by molar-refractivity contribution is 5.69. The Morgan fingerprint density at radius 1 is 1.53 bits per heavy atom. The van der Waals surface area contributed by atoms with Gasteiger partial charge in [-0.2, -0.15) is 0 Å². The highest BCUT2D eigenvalue weighted by atomic mass is 16.6. The van der Waals surface area contributed by atoms with E-state index in [1.54, 1.807) is 7.05 Å². The third kappa shape index (κ3) is 2.41. The van der Waals surface area contributed by atoms with Crippen LogP contribution < -0.4 is 10.6 Å². The van der Waals surface area contributed by atoms with E-state index in [1.165, 1.54) is 6.33 Å². The molecule has 1 aliphatic heterocycles. The van der Waals surface area contributed by atoms with Crippen molar-refractivity contribution < 1.29 is 9.66 Å². The summed E-state index contributed by atoms with van der Waals surface area (Å²) in [4.78, 5) is 18.2. The molecule has 1 aromatic heterocycles. The summed E-state index contributed by atoms with van der Waals surface area (Å²) in [7, 11) is 1.58. The first-order chi connectivity index (χ1) is 8.22. The average Bonchev–Trinajstić information content (AvgIpc) is 2.81. The molecule has 1 aromatic rings. The maximum Gasteiger partial charge on any atom is 0.353 e. The number of aromatic nitrogens is 2. The van der Waals surface area contributed by atoms with E-state index in [4.69, 9.17) is 4.74 Å². The van der Waals surface area contributed by atoms with Gasteiger partial charge in [-0.25, -0.2) is 9.97 Å². The standard InChI is InChI=1S/C9H13N5O3/c1-10-8-7(14(15)16)9(12-5-11-8)13-6-2-3-17-4-6/h5-6H,2-4H2,1H3,(H2,10,11,12,13). The second kappa shape index (κ2) is 4.91. The average molecular weight is 239 g/mol. The zero-order chi connectivity index (χ0) is 12.3. The van der Waals surface area contributed by atoms with Crippen LogP contribution in [0.2, 0.25) is 0 Å². The smallest absolute Gasteiger partial charge is 0.353 e. The van der Waals surface area contributed by atoms with Gasteiger partial charge in [-0.15, -0.1) is 0 Å². The van der Waals surface area contributed by atoms with Crippen LogP contribution in [0.3, 0.4) is 0 Å².